The Labute approximate surface area is 141 Å². The number of carbonyl (C=O) groups excluding carboxylic acids is 1. The molecular formula is C18H23N5O. The zero-order valence-electron chi connectivity index (χ0n) is 13.8. The van der Waals surface area contributed by atoms with Crippen molar-refractivity contribution in [2.75, 3.05) is 11.9 Å². The molecule has 0 spiro atoms. The standard InChI is InChI=1S/C18H23N5O/c24-17(12-15-4-3-10-19-15)20-14-8-6-13(7-9-14)18-22-21-16-5-1-2-11-23(16)18/h6-9,15,19H,1-5,10-12H2,(H,20,24)/t15-/m1/s1. The van der Waals surface area contributed by atoms with Gasteiger partial charge in [-0.3, -0.25) is 4.79 Å². The lowest BCUT2D eigenvalue weighted by molar-refractivity contribution is -0.116. The van der Waals surface area contributed by atoms with Gasteiger partial charge in [-0.2, -0.15) is 0 Å². The van der Waals surface area contributed by atoms with Crippen molar-refractivity contribution in [1.29, 1.82) is 0 Å². The van der Waals surface area contributed by atoms with Crippen LogP contribution in [0.5, 0.6) is 0 Å². The predicted molar refractivity (Wildman–Crippen MR) is 92.7 cm³/mol. The van der Waals surface area contributed by atoms with Crippen LogP contribution in [0, 0.1) is 0 Å². The van der Waals surface area contributed by atoms with Gasteiger partial charge in [-0.05, 0) is 56.5 Å². The van der Waals surface area contributed by atoms with Gasteiger partial charge >= 0.3 is 0 Å². The van der Waals surface area contributed by atoms with E-state index >= 15 is 0 Å². The van der Waals surface area contributed by atoms with Crippen molar-refractivity contribution in [1.82, 2.24) is 20.1 Å². The summed E-state index contributed by atoms with van der Waals surface area (Å²) in [6.07, 6.45) is 6.18. The van der Waals surface area contributed by atoms with Crippen molar-refractivity contribution in [3.8, 4) is 11.4 Å². The minimum atomic E-state index is 0.0713. The average Bonchev–Trinajstić information content (AvgIpc) is 3.25. The lowest BCUT2D eigenvalue weighted by Gasteiger charge is -2.15. The Kier molecular flexibility index (Phi) is 4.30. The van der Waals surface area contributed by atoms with Gasteiger partial charge in [-0.25, -0.2) is 0 Å². The van der Waals surface area contributed by atoms with Crippen LogP contribution in [0.15, 0.2) is 24.3 Å². The van der Waals surface area contributed by atoms with Crippen LogP contribution in [0.4, 0.5) is 5.69 Å². The molecule has 4 rings (SSSR count). The molecule has 1 aromatic heterocycles. The Hall–Kier alpha value is -2.21. The van der Waals surface area contributed by atoms with Gasteiger partial charge < -0.3 is 15.2 Å². The summed E-state index contributed by atoms with van der Waals surface area (Å²) in [5.74, 6) is 2.08. The highest BCUT2D eigenvalue weighted by Gasteiger charge is 2.18. The first-order chi connectivity index (χ1) is 11.8. The highest BCUT2D eigenvalue weighted by molar-refractivity contribution is 5.91. The molecule has 2 aromatic rings. The first-order valence-electron chi connectivity index (χ1n) is 8.85. The number of carbonyl (C=O) groups is 1. The number of nitrogens with one attached hydrogen (secondary N) is 2. The molecule has 1 aromatic carbocycles. The maximum Gasteiger partial charge on any atom is 0.225 e. The summed E-state index contributed by atoms with van der Waals surface area (Å²) in [5, 5.41) is 15.0. The first-order valence-corrected chi connectivity index (χ1v) is 8.85. The number of aryl methyl sites for hydroxylation is 1. The van der Waals surface area contributed by atoms with E-state index in [0.717, 1.165) is 55.3 Å². The van der Waals surface area contributed by atoms with Gasteiger partial charge in [0, 0.05) is 36.7 Å². The summed E-state index contributed by atoms with van der Waals surface area (Å²) in [4.78, 5) is 12.1. The predicted octanol–water partition coefficient (Wildman–Crippen LogP) is 2.36. The molecule has 1 fully saturated rings. The quantitative estimate of drug-likeness (QED) is 0.905. The van der Waals surface area contributed by atoms with Crippen molar-refractivity contribution in [2.24, 2.45) is 0 Å². The Morgan fingerprint density at radius 2 is 2.08 bits per heavy atom. The van der Waals surface area contributed by atoms with Crippen molar-refractivity contribution < 1.29 is 4.79 Å². The minimum absolute atomic E-state index is 0.0713. The van der Waals surface area contributed by atoms with Crippen molar-refractivity contribution in [3.63, 3.8) is 0 Å². The van der Waals surface area contributed by atoms with E-state index in [2.05, 4.69) is 25.4 Å². The molecule has 1 amide bonds. The van der Waals surface area contributed by atoms with E-state index < -0.39 is 0 Å². The minimum Gasteiger partial charge on any atom is -0.326 e. The van der Waals surface area contributed by atoms with Crippen LogP contribution in [0.2, 0.25) is 0 Å². The van der Waals surface area contributed by atoms with Crippen LogP contribution in [0.1, 0.15) is 37.9 Å². The lowest BCUT2D eigenvalue weighted by atomic mass is 10.1. The molecule has 0 unspecified atom stereocenters. The van der Waals surface area contributed by atoms with Crippen LogP contribution in [0.3, 0.4) is 0 Å². The third kappa shape index (κ3) is 3.19. The molecule has 1 saturated heterocycles. The molecule has 126 valence electrons. The summed E-state index contributed by atoms with van der Waals surface area (Å²) in [5.41, 5.74) is 1.88. The number of benzene rings is 1. The monoisotopic (exact) mass is 325 g/mol. The van der Waals surface area contributed by atoms with Gasteiger partial charge in [-0.1, -0.05) is 0 Å². The number of anilines is 1. The van der Waals surface area contributed by atoms with Crippen LogP contribution in [-0.2, 0) is 17.8 Å². The molecule has 3 heterocycles. The molecule has 6 heteroatoms. The van der Waals surface area contributed by atoms with Gasteiger partial charge in [0.15, 0.2) is 5.82 Å². The third-order valence-corrected chi connectivity index (χ3v) is 4.88. The van der Waals surface area contributed by atoms with Gasteiger partial charge in [0.05, 0.1) is 0 Å². The number of rotatable bonds is 4. The van der Waals surface area contributed by atoms with Gasteiger partial charge in [-0.15, -0.1) is 10.2 Å². The number of aromatic nitrogens is 3. The zero-order valence-corrected chi connectivity index (χ0v) is 13.8. The summed E-state index contributed by atoms with van der Waals surface area (Å²) < 4.78 is 2.21. The Balaban J connectivity index is 1.43. The fourth-order valence-electron chi connectivity index (χ4n) is 3.59. The number of hydrogen-bond acceptors (Lipinski definition) is 4. The number of hydrogen-bond donors (Lipinski definition) is 2. The van der Waals surface area contributed by atoms with E-state index in [4.69, 9.17) is 0 Å². The molecule has 2 aliphatic heterocycles. The molecule has 0 radical (unpaired) electrons. The maximum absolute atomic E-state index is 12.1. The van der Waals surface area contributed by atoms with Gasteiger partial charge in [0.2, 0.25) is 5.91 Å². The molecule has 2 N–H and O–H groups in total. The maximum atomic E-state index is 12.1. The summed E-state index contributed by atoms with van der Waals surface area (Å²) in [7, 11) is 0. The highest BCUT2D eigenvalue weighted by atomic mass is 16.1. The van der Waals surface area contributed by atoms with Gasteiger partial charge in [0.1, 0.15) is 5.82 Å². The zero-order chi connectivity index (χ0) is 16.4. The Morgan fingerprint density at radius 1 is 1.21 bits per heavy atom. The molecule has 1 atom stereocenters. The smallest absolute Gasteiger partial charge is 0.225 e. The highest BCUT2D eigenvalue weighted by Crippen LogP contribution is 2.24. The second-order valence-electron chi connectivity index (χ2n) is 6.67. The van der Waals surface area contributed by atoms with Crippen LogP contribution in [0.25, 0.3) is 11.4 Å². The summed E-state index contributed by atoms with van der Waals surface area (Å²) in [6, 6.07) is 8.23. The topological polar surface area (TPSA) is 71.8 Å². The molecule has 2 aliphatic rings. The second kappa shape index (κ2) is 6.73. The van der Waals surface area contributed by atoms with E-state index in [-0.39, 0.29) is 5.91 Å². The summed E-state index contributed by atoms with van der Waals surface area (Å²) >= 11 is 0. The third-order valence-electron chi connectivity index (χ3n) is 4.88. The summed E-state index contributed by atoms with van der Waals surface area (Å²) in [6.45, 7) is 2.01. The van der Waals surface area contributed by atoms with E-state index in [1.54, 1.807) is 0 Å². The second-order valence-corrected chi connectivity index (χ2v) is 6.67. The van der Waals surface area contributed by atoms with E-state index in [9.17, 15) is 4.79 Å². The van der Waals surface area contributed by atoms with E-state index in [1.165, 1.54) is 12.8 Å². The number of nitrogens with zero attached hydrogens (tertiary/aromatic N) is 3. The molecule has 0 aliphatic carbocycles. The first kappa shape index (κ1) is 15.3. The SMILES string of the molecule is O=C(C[C@H]1CCCN1)Nc1ccc(-c2nnc3n2CCCC3)cc1. The normalized spacial score (nSPS) is 19.9. The molecule has 0 bridgehead atoms. The number of fused-ring (bicyclic) bond motifs is 1. The molecule has 0 saturated carbocycles. The van der Waals surface area contributed by atoms with E-state index in [1.807, 2.05) is 24.3 Å². The van der Waals surface area contributed by atoms with Gasteiger partial charge in [0.25, 0.3) is 0 Å². The largest absolute Gasteiger partial charge is 0.326 e. The molecule has 6 nitrogen and oxygen atoms in total. The van der Waals surface area contributed by atoms with Crippen molar-refractivity contribution in [2.45, 2.75) is 51.1 Å². The fraction of sp³-hybridized carbons (Fsp3) is 0.500. The van der Waals surface area contributed by atoms with Crippen LogP contribution >= 0.6 is 0 Å². The van der Waals surface area contributed by atoms with Crippen LogP contribution in [-0.4, -0.2) is 33.3 Å². The molecular weight excluding hydrogens is 302 g/mol. The lowest BCUT2D eigenvalue weighted by Crippen LogP contribution is -2.27. The average molecular weight is 325 g/mol. The van der Waals surface area contributed by atoms with Crippen molar-refractivity contribution >= 4 is 11.6 Å². The van der Waals surface area contributed by atoms with Crippen molar-refractivity contribution in [3.05, 3.63) is 30.1 Å². The van der Waals surface area contributed by atoms with Crippen LogP contribution < -0.4 is 10.6 Å². The Bertz CT molecular complexity index is 716. The number of amides is 1. The molecule has 24 heavy (non-hydrogen) atoms. The fourth-order valence-corrected chi connectivity index (χ4v) is 3.59. The van der Waals surface area contributed by atoms with E-state index in [0.29, 0.717) is 12.5 Å². The Morgan fingerprint density at radius 3 is 2.88 bits per heavy atom.